The number of rotatable bonds is 0. The minimum absolute atomic E-state index is 0.145. The highest BCUT2D eigenvalue weighted by Gasteiger charge is 2.35. The number of fused-ring (bicyclic) bond motifs is 5. The monoisotopic (exact) mass is 299 g/mol. The van der Waals surface area contributed by atoms with Gasteiger partial charge >= 0.3 is 0 Å². The second-order valence-corrected chi connectivity index (χ2v) is 6.25. The highest BCUT2D eigenvalue weighted by atomic mass is 35.5. The van der Waals surface area contributed by atoms with Crippen LogP contribution in [0.15, 0.2) is 42.5 Å². The van der Waals surface area contributed by atoms with Crippen molar-refractivity contribution in [1.29, 1.82) is 0 Å². The first-order chi connectivity index (χ1) is 10.2. The minimum atomic E-state index is 0.145. The molecule has 0 aromatic heterocycles. The quantitative estimate of drug-likeness (QED) is 0.770. The standard InChI is InChI=1S/C17H18ClN3/c18-11-7-8-15-16(10-11)21-9-3-5-13(19)17(21)12-4-1-2-6-14(12)20-15/h1-2,4,6-8,10,13,17,20H,3,5,9,19H2. The summed E-state index contributed by atoms with van der Waals surface area (Å²) in [5.74, 6) is 0. The van der Waals surface area contributed by atoms with Crippen molar-refractivity contribution >= 4 is 28.7 Å². The molecule has 3 nitrogen and oxygen atoms in total. The van der Waals surface area contributed by atoms with Crippen LogP contribution in [0, 0.1) is 0 Å². The molecule has 0 bridgehead atoms. The fourth-order valence-corrected chi connectivity index (χ4v) is 3.72. The number of hydrogen-bond acceptors (Lipinski definition) is 3. The second kappa shape index (κ2) is 4.93. The van der Waals surface area contributed by atoms with E-state index >= 15 is 0 Å². The van der Waals surface area contributed by atoms with Crippen LogP contribution in [0.5, 0.6) is 0 Å². The van der Waals surface area contributed by atoms with Gasteiger partial charge in [-0.05, 0) is 42.7 Å². The Labute approximate surface area is 129 Å². The van der Waals surface area contributed by atoms with Crippen LogP contribution in [0.3, 0.4) is 0 Å². The SMILES string of the molecule is NC1CCCN2c3cc(Cl)ccc3Nc3ccccc3C12. The average molecular weight is 300 g/mol. The molecule has 2 heterocycles. The molecule has 4 heteroatoms. The Kier molecular flexibility index (Phi) is 3.05. The van der Waals surface area contributed by atoms with Crippen molar-refractivity contribution in [1.82, 2.24) is 0 Å². The van der Waals surface area contributed by atoms with Gasteiger partial charge in [0.2, 0.25) is 0 Å². The van der Waals surface area contributed by atoms with Crippen molar-refractivity contribution in [3.63, 3.8) is 0 Å². The molecule has 2 aromatic carbocycles. The molecule has 0 amide bonds. The Morgan fingerprint density at radius 3 is 2.90 bits per heavy atom. The molecule has 1 fully saturated rings. The van der Waals surface area contributed by atoms with E-state index in [1.165, 1.54) is 5.56 Å². The zero-order chi connectivity index (χ0) is 14.4. The van der Waals surface area contributed by atoms with Crippen LogP contribution in [0.4, 0.5) is 17.1 Å². The molecule has 0 spiro atoms. The summed E-state index contributed by atoms with van der Waals surface area (Å²) in [5.41, 5.74) is 11.1. The average Bonchev–Trinajstić information content (AvgIpc) is 2.63. The summed E-state index contributed by atoms with van der Waals surface area (Å²) in [5, 5.41) is 4.31. The Bertz CT molecular complexity index is 685. The van der Waals surface area contributed by atoms with Crippen LogP contribution in [0.1, 0.15) is 24.4 Å². The maximum Gasteiger partial charge on any atom is 0.0714 e. The van der Waals surface area contributed by atoms with Crippen LogP contribution in [0.2, 0.25) is 5.02 Å². The lowest BCUT2D eigenvalue weighted by Gasteiger charge is -2.41. The lowest BCUT2D eigenvalue weighted by atomic mass is 9.90. The van der Waals surface area contributed by atoms with Crippen molar-refractivity contribution in [2.75, 3.05) is 16.8 Å². The van der Waals surface area contributed by atoms with Crippen LogP contribution in [-0.2, 0) is 0 Å². The van der Waals surface area contributed by atoms with Crippen molar-refractivity contribution < 1.29 is 0 Å². The minimum Gasteiger partial charge on any atom is -0.361 e. The molecule has 0 aliphatic carbocycles. The van der Waals surface area contributed by atoms with Gasteiger partial charge in [-0.25, -0.2) is 0 Å². The van der Waals surface area contributed by atoms with Gasteiger partial charge in [-0.1, -0.05) is 29.8 Å². The normalized spacial score (nSPS) is 23.4. The first kappa shape index (κ1) is 13.0. The molecule has 21 heavy (non-hydrogen) atoms. The summed E-state index contributed by atoms with van der Waals surface area (Å²) >= 11 is 6.22. The van der Waals surface area contributed by atoms with E-state index < -0.39 is 0 Å². The van der Waals surface area contributed by atoms with Gasteiger partial charge in [-0.2, -0.15) is 0 Å². The van der Waals surface area contributed by atoms with Gasteiger partial charge < -0.3 is 16.0 Å². The molecule has 1 saturated heterocycles. The van der Waals surface area contributed by atoms with Gasteiger partial charge in [0.05, 0.1) is 17.4 Å². The summed E-state index contributed by atoms with van der Waals surface area (Å²) in [4.78, 5) is 2.41. The lowest BCUT2D eigenvalue weighted by molar-refractivity contribution is 0.411. The highest BCUT2D eigenvalue weighted by Crippen LogP contribution is 2.45. The van der Waals surface area contributed by atoms with E-state index in [0.717, 1.165) is 41.5 Å². The molecule has 2 unspecified atom stereocenters. The molecule has 108 valence electrons. The number of nitrogens with two attached hydrogens (primary N) is 1. The highest BCUT2D eigenvalue weighted by molar-refractivity contribution is 6.31. The molecular formula is C17H18ClN3. The van der Waals surface area contributed by atoms with Crippen LogP contribution in [0.25, 0.3) is 0 Å². The molecule has 3 N–H and O–H groups in total. The molecular weight excluding hydrogens is 282 g/mol. The third kappa shape index (κ3) is 2.08. The molecule has 4 rings (SSSR count). The Hall–Kier alpha value is -1.71. The number of nitrogens with one attached hydrogen (secondary N) is 1. The van der Waals surface area contributed by atoms with E-state index in [4.69, 9.17) is 17.3 Å². The van der Waals surface area contributed by atoms with Gasteiger partial charge in [-0.3, -0.25) is 0 Å². The largest absolute Gasteiger partial charge is 0.361 e. The zero-order valence-electron chi connectivity index (χ0n) is 11.7. The van der Waals surface area contributed by atoms with E-state index in [0.29, 0.717) is 0 Å². The molecule has 2 aliphatic rings. The topological polar surface area (TPSA) is 41.3 Å². The van der Waals surface area contributed by atoms with Gasteiger partial charge in [0.25, 0.3) is 0 Å². The smallest absolute Gasteiger partial charge is 0.0714 e. The Morgan fingerprint density at radius 1 is 1.14 bits per heavy atom. The lowest BCUT2D eigenvalue weighted by Crippen LogP contribution is -2.45. The Balaban J connectivity index is 1.94. The zero-order valence-corrected chi connectivity index (χ0v) is 12.5. The van der Waals surface area contributed by atoms with E-state index in [2.05, 4.69) is 40.5 Å². The van der Waals surface area contributed by atoms with E-state index in [9.17, 15) is 0 Å². The summed E-state index contributed by atoms with van der Waals surface area (Å²) in [6.45, 7) is 1.02. The second-order valence-electron chi connectivity index (χ2n) is 5.82. The number of benzene rings is 2. The van der Waals surface area contributed by atoms with E-state index in [1.54, 1.807) is 0 Å². The fraction of sp³-hybridized carbons (Fsp3) is 0.294. The molecule has 0 radical (unpaired) electrons. The van der Waals surface area contributed by atoms with Crippen molar-refractivity contribution in [2.45, 2.75) is 24.9 Å². The summed E-state index contributed by atoms with van der Waals surface area (Å²) in [6, 6.07) is 14.8. The number of anilines is 3. The van der Waals surface area contributed by atoms with E-state index in [-0.39, 0.29) is 12.1 Å². The maximum absolute atomic E-state index is 6.47. The fourth-order valence-electron chi connectivity index (χ4n) is 3.56. The van der Waals surface area contributed by atoms with Crippen LogP contribution >= 0.6 is 11.6 Å². The number of piperidine rings is 1. The van der Waals surface area contributed by atoms with Crippen molar-refractivity contribution in [3.05, 3.63) is 53.1 Å². The summed E-state index contributed by atoms with van der Waals surface area (Å²) < 4.78 is 0. The number of hydrogen-bond donors (Lipinski definition) is 2. The van der Waals surface area contributed by atoms with Crippen molar-refractivity contribution in [2.24, 2.45) is 5.73 Å². The van der Waals surface area contributed by atoms with Crippen LogP contribution < -0.4 is 16.0 Å². The van der Waals surface area contributed by atoms with Gasteiger partial charge in [-0.15, -0.1) is 0 Å². The van der Waals surface area contributed by atoms with E-state index in [1.807, 2.05) is 12.1 Å². The molecule has 2 atom stereocenters. The summed E-state index contributed by atoms with van der Waals surface area (Å²) in [7, 11) is 0. The number of nitrogens with zero attached hydrogens (tertiary/aromatic N) is 1. The number of para-hydroxylation sites is 1. The Morgan fingerprint density at radius 2 is 2.00 bits per heavy atom. The van der Waals surface area contributed by atoms with Crippen LogP contribution in [-0.4, -0.2) is 12.6 Å². The van der Waals surface area contributed by atoms with Gasteiger partial charge in [0, 0.05) is 23.3 Å². The first-order valence-corrected chi connectivity index (χ1v) is 7.79. The summed E-state index contributed by atoms with van der Waals surface area (Å²) in [6.07, 6.45) is 2.18. The first-order valence-electron chi connectivity index (χ1n) is 7.42. The molecule has 2 aromatic rings. The predicted octanol–water partition coefficient (Wildman–Crippen LogP) is 4.07. The predicted molar refractivity (Wildman–Crippen MR) is 88.5 cm³/mol. The van der Waals surface area contributed by atoms with Gasteiger partial charge in [0.15, 0.2) is 0 Å². The third-order valence-corrected chi connectivity index (χ3v) is 4.73. The van der Waals surface area contributed by atoms with Crippen molar-refractivity contribution in [3.8, 4) is 0 Å². The van der Waals surface area contributed by atoms with Gasteiger partial charge in [0.1, 0.15) is 0 Å². The number of halogens is 1. The molecule has 2 aliphatic heterocycles. The molecule has 0 saturated carbocycles. The third-order valence-electron chi connectivity index (χ3n) is 4.50. The maximum atomic E-state index is 6.47.